The molecule has 0 aliphatic carbocycles. The SMILES string of the molecule is CCNCCOCCOCC(=O)NC(CCC(C)=O)C(C)=O. The maximum absolute atomic E-state index is 11.7. The number of ether oxygens (including phenoxy) is 2. The van der Waals surface area contributed by atoms with E-state index in [0.717, 1.165) is 13.1 Å². The molecule has 0 heterocycles. The summed E-state index contributed by atoms with van der Waals surface area (Å²) in [6.07, 6.45) is 0.592. The van der Waals surface area contributed by atoms with Gasteiger partial charge in [0.15, 0.2) is 5.78 Å². The molecule has 1 unspecified atom stereocenters. The van der Waals surface area contributed by atoms with Crippen LogP contribution >= 0.6 is 0 Å². The Balaban J connectivity index is 3.72. The van der Waals surface area contributed by atoms with Gasteiger partial charge in [0.2, 0.25) is 5.91 Å². The highest BCUT2D eigenvalue weighted by Gasteiger charge is 2.17. The van der Waals surface area contributed by atoms with Gasteiger partial charge < -0.3 is 24.9 Å². The summed E-state index contributed by atoms with van der Waals surface area (Å²) in [4.78, 5) is 34.0. The van der Waals surface area contributed by atoms with Gasteiger partial charge in [-0.25, -0.2) is 0 Å². The first kappa shape index (κ1) is 20.7. The van der Waals surface area contributed by atoms with Gasteiger partial charge in [-0.3, -0.25) is 9.59 Å². The van der Waals surface area contributed by atoms with Crippen LogP contribution in [0.2, 0.25) is 0 Å². The average Bonchev–Trinajstić information content (AvgIpc) is 2.45. The summed E-state index contributed by atoms with van der Waals surface area (Å²) in [7, 11) is 0. The third-order valence-electron chi connectivity index (χ3n) is 2.89. The quantitative estimate of drug-likeness (QED) is 0.441. The Labute approximate surface area is 132 Å². The van der Waals surface area contributed by atoms with Crippen LogP contribution in [0.4, 0.5) is 0 Å². The molecule has 128 valence electrons. The first-order valence-electron chi connectivity index (χ1n) is 7.62. The zero-order valence-electron chi connectivity index (χ0n) is 13.8. The number of hydrogen-bond donors (Lipinski definition) is 2. The van der Waals surface area contributed by atoms with Gasteiger partial charge in [-0.2, -0.15) is 0 Å². The lowest BCUT2D eigenvalue weighted by atomic mass is 10.1. The summed E-state index contributed by atoms with van der Waals surface area (Å²) in [5.74, 6) is -0.538. The van der Waals surface area contributed by atoms with E-state index in [9.17, 15) is 14.4 Å². The van der Waals surface area contributed by atoms with Crippen LogP contribution in [0.25, 0.3) is 0 Å². The van der Waals surface area contributed by atoms with Gasteiger partial charge in [-0.1, -0.05) is 6.92 Å². The van der Waals surface area contributed by atoms with E-state index in [1.165, 1.54) is 13.8 Å². The van der Waals surface area contributed by atoms with Crippen molar-refractivity contribution in [3.63, 3.8) is 0 Å². The zero-order chi connectivity index (χ0) is 16.8. The van der Waals surface area contributed by atoms with E-state index in [1.54, 1.807) is 0 Å². The summed E-state index contributed by atoms with van der Waals surface area (Å²) in [6.45, 7) is 7.77. The normalized spacial score (nSPS) is 12.0. The molecule has 2 N–H and O–H groups in total. The van der Waals surface area contributed by atoms with Crippen molar-refractivity contribution in [2.45, 2.75) is 39.7 Å². The van der Waals surface area contributed by atoms with Crippen molar-refractivity contribution in [3.8, 4) is 0 Å². The molecule has 0 aliphatic heterocycles. The van der Waals surface area contributed by atoms with Crippen LogP contribution in [0.3, 0.4) is 0 Å². The molecule has 0 aromatic heterocycles. The predicted octanol–water partition coefficient (Wildman–Crippen LogP) is 0.0721. The molecule has 0 aliphatic rings. The Morgan fingerprint density at radius 1 is 1.05 bits per heavy atom. The number of nitrogens with one attached hydrogen (secondary N) is 2. The Morgan fingerprint density at radius 3 is 2.32 bits per heavy atom. The molecule has 0 aromatic rings. The van der Waals surface area contributed by atoms with Gasteiger partial charge in [0.1, 0.15) is 12.4 Å². The van der Waals surface area contributed by atoms with Crippen molar-refractivity contribution in [1.29, 1.82) is 0 Å². The molecule has 0 bridgehead atoms. The van der Waals surface area contributed by atoms with E-state index in [4.69, 9.17) is 9.47 Å². The zero-order valence-corrected chi connectivity index (χ0v) is 13.8. The van der Waals surface area contributed by atoms with Gasteiger partial charge in [0.25, 0.3) is 0 Å². The minimum absolute atomic E-state index is 0.00791. The van der Waals surface area contributed by atoms with E-state index < -0.39 is 6.04 Å². The molecule has 1 atom stereocenters. The van der Waals surface area contributed by atoms with Crippen molar-refractivity contribution < 1.29 is 23.9 Å². The Bertz CT molecular complexity index is 347. The minimum Gasteiger partial charge on any atom is -0.378 e. The summed E-state index contributed by atoms with van der Waals surface area (Å²) in [5.41, 5.74) is 0. The van der Waals surface area contributed by atoms with Crippen molar-refractivity contribution in [2.24, 2.45) is 0 Å². The van der Waals surface area contributed by atoms with E-state index in [-0.39, 0.29) is 30.5 Å². The number of rotatable bonds is 14. The fourth-order valence-corrected chi connectivity index (χ4v) is 1.67. The largest absolute Gasteiger partial charge is 0.378 e. The molecule has 1 amide bonds. The number of carbonyl (C=O) groups is 3. The standard InChI is InChI=1S/C15H28N2O5/c1-4-16-7-8-21-9-10-22-11-15(20)17-14(13(3)19)6-5-12(2)18/h14,16H,4-11H2,1-3H3,(H,17,20). The van der Waals surface area contributed by atoms with Crippen molar-refractivity contribution in [3.05, 3.63) is 0 Å². The third kappa shape index (κ3) is 12.4. The van der Waals surface area contributed by atoms with Crippen LogP contribution in [-0.2, 0) is 23.9 Å². The van der Waals surface area contributed by atoms with Crippen LogP contribution in [0.5, 0.6) is 0 Å². The number of amides is 1. The first-order chi connectivity index (χ1) is 10.5. The molecular formula is C15H28N2O5. The van der Waals surface area contributed by atoms with Gasteiger partial charge in [-0.05, 0) is 26.8 Å². The first-order valence-corrected chi connectivity index (χ1v) is 7.62. The fourth-order valence-electron chi connectivity index (χ4n) is 1.67. The second-order valence-electron chi connectivity index (χ2n) is 4.99. The van der Waals surface area contributed by atoms with Crippen LogP contribution in [0.1, 0.15) is 33.6 Å². The lowest BCUT2D eigenvalue weighted by Gasteiger charge is -2.15. The van der Waals surface area contributed by atoms with Crippen molar-refractivity contribution in [2.75, 3.05) is 39.5 Å². The molecule has 0 spiro atoms. The molecule has 7 nitrogen and oxygen atoms in total. The Kier molecular flexibility index (Phi) is 12.6. The number of ketones is 2. The monoisotopic (exact) mass is 316 g/mol. The third-order valence-corrected chi connectivity index (χ3v) is 2.89. The molecule has 0 saturated carbocycles. The van der Waals surface area contributed by atoms with Gasteiger partial charge in [0, 0.05) is 13.0 Å². The Hall–Kier alpha value is -1.31. The number of hydrogen-bond acceptors (Lipinski definition) is 6. The average molecular weight is 316 g/mol. The van der Waals surface area contributed by atoms with E-state index in [1.807, 2.05) is 6.92 Å². The fraction of sp³-hybridized carbons (Fsp3) is 0.800. The van der Waals surface area contributed by atoms with Gasteiger partial charge >= 0.3 is 0 Å². The van der Waals surface area contributed by atoms with Crippen molar-refractivity contribution in [1.82, 2.24) is 10.6 Å². The molecule has 7 heteroatoms. The molecule has 0 fully saturated rings. The number of carbonyl (C=O) groups excluding carboxylic acids is 3. The summed E-state index contributed by atoms with van der Waals surface area (Å²) in [5, 5.41) is 5.70. The Morgan fingerprint density at radius 2 is 1.73 bits per heavy atom. The number of Topliss-reactive ketones (excluding diaryl/α,β-unsaturated/α-hetero) is 2. The minimum atomic E-state index is -0.628. The smallest absolute Gasteiger partial charge is 0.246 e. The summed E-state index contributed by atoms with van der Waals surface area (Å²) in [6, 6.07) is -0.628. The molecule has 0 saturated heterocycles. The summed E-state index contributed by atoms with van der Waals surface area (Å²) < 4.78 is 10.5. The maximum Gasteiger partial charge on any atom is 0.246 e. The van der Waals surface area contributed by atoms with Crippen LogP contribution in [0.15, 0.2) is 0 Å². The molecular weight excluding hydrogens is 288 g/mol. The topological polar surface area (TPSA) is 93.7 Å². The van der Waals surface area contributed by atoms with Crippen LogP contribution in [-0.4, -0.2) is 63.0 Å². The second-order valence-corrected chi connectivity index (χ2v) is 4.99. The maximum atomic E-state index is 11.7. The molecule has 0 radical (unpaired) electrons. The second kappa shape index (κ2) is 13.4. The molecule has 0 aromatic carbocycles. The van der Waals surface area contributed by atoms with E-state index >= 15 is 0 Å². The van der Waals surface area contributed by atoms with Crippen LogP contribution in [0, 0.1) is 0 Å². The highest BCUT2D eigenvalue weighted by molar-refractivity contribution is 5.88. The van der Waals surface area contributed by atoms with E-state index in [2.05, 4.69) is 10.6 Å². The predicted molar refractivity (Wildman–Crippen MR) is 82.7 cm³/mol. The van der Waals surface area contributed by atoms with Gasteiger partial charge in [-0.15, -0.1) is 0 Å². The van der Waals surface area contributed by atoms with Crippen molar-refractivity contribution >= 4 is 17.5 Å². The lowest BCUT2D eigenvalue weighted by Crippen LogP contribution is -2.41. The highest BCUT2D eigenvalue weighted by Crippen LogP contribution is 2.00. The van der Waals surface area contributed by atoms with Crippen LogP contribution < -0.4 is 10.6 Å². The number of likely N-dealkylation sites (N-methyl/N-ethyl adjacent to an activating group) is 1. The van der Waals surface area contributed by atoms with E-state index in [0.29, 0.717) is 26.2 Å². The molecule has 22 heavy (non-hydrogen) atoms. The molecule has 0 rings (SSSR count). The summed E-state index contributed by atoms with van der Waals surface area (Å²) >= 11 is 0. The highest BCUT2D eigenvalue weighted by atomic mass is 16.5. The lowest BCUT2D eigenvalue weighted by molar-refractivity contribution is -0.130. The van der Waals surface area contributed by atoms with Gasteiger partial charge in [0.05, 0.1) is 25.9 Å².